The maximum absolute atomic E-state index is 12.4. The van der Waals surface area contributed by atoms with Crippen LogP contribution in [0.3, 0.4) is 0 Å². The molecule has 6 nitrogen and oxygen atoms in total. The van der Waals surface area contributed by atoms with Crippen molar-refractivity contribution >= 4 is 17.6 Å². The molecule has 1 heterocycles. The number of halogens is 1. The van der Waals surface area contributed by atoms with E-state index in [9.17, 15) is 4.79 Å². The minimum Gasteiger partial charge on any atom is -0.493 e. The fourth-order valence-electron chi connectivity index (χ4n) is 3.05. The molecular formula is C20H23ClN2O4. The number of urea groups is 1. The lowest BCUT2D eigenvalue weighted by molar-refractivity contribution is 0.189. The predicted molar refractivity (Wildman–Crippen MR) is 104 cm³/mol. The standard InChI is InChI=1S/C20H23ClN2O4/c1-25-18-11-14-7-9-23(13-15(14)12-19(18)26-2)20(24)22-8-10-27-17-6-4-3-5-16(17)21/h3-6,11-12H,7-10,13H2,1-2H3,(H,22,24). The zero-order chi connectivity index (χ0) is 19.2. The van der Waals surface area contributed by atoms with Crippen molar-refractivity contribution < 1.29 is 19.0 Å². The Balaban J connectivity index is 1.52. The first-order valence-electron chi connectivity index (χ1n) is 8.76. The van der Waals surface area contributed by atoms with Crippen LogP contribution in [0, 0.1) is 0 Å². The molecule has 0 aromatic heterocycles. The van der Waals surface area contributed by atoms with Gasteiger partial charge in [0.1, 0.15) is 12.4 Å². The van der Waals surface area contributed by atoms with Gasteiger partial charge in [0.05, 0.1) is 25.8 Å². The number of amides is 2. The van der Waals surface area contributed by atoms with Gasteiger partial charge >= 0.3 is 6.03 Å². The van der Waals surface area contributed by atoms with E-state index in [-0.39, 0.29) is 6.03 Å². The summed E-state index contributed by atoms with van der Waals surface area (Å²) in [5.41, 5.74) is 2.25. The molecule has 1 N–H and O–H groups in total. The summed E-state index contributed by atoms with van der Waals surface area (Å²) in [6.45, 7) is 1.94. The first-order chi connectivity index (χ1) is 13.1. The van der Waals surface area contributed by atoms with E-state index in [1.807, 2.05) is 24.3 Å². The minimum absolute atomic E-state index is 0.113. The average Bonchev–Trinajstić information content (AvgIpc) is 2.70. The first-order valence-corrected chi connectivity index (χ1v) is 9.14. The molecule has 2 aromatic carbocycles. The molecule has 0 aliphatic carbocycles. The summed E-state index contributed by atoms with van der Waals surface area (Å²) in [6.07, 6.45) is 0.777. The quantitative estimate of drug-likeness (QED) is 0.767. The van der Waals surface area contributed by atoms with Gasteiger partial charge in [0.15, 0.2) is 11.5 Å². The van der Waals surface area contributed by atoms with Crippen LogP contribution in [0.2, 0.25) is 5.02 Å². The Labute approximate surface area is 164 Å². The maximum atomic E-state index is 12.4. The Morgan fingerprint density at radius 3 is 2.52 bits per heavy atom. The van der Waals surface area contributed by atoms with E-state index in [1.54, 1.807) is 31.3 Å². The number of nitrogens with one attached hydrogen (secondary N) is 1. The van der Waals surface area contributed by atoms with E-state index in [1.165, 1.54) is 5.56 Å². The highest BCUT2D eigenvalue weighted by Gasteiger charge is 2.22. The predicted octanol–water partition coefficient (Wildman–Crippen LogP) is 3.50. The van der Waals surface area contributed by atoms with Crippen LogP contribution in [-0.2, 0) is 13.0 Å². The highest BCUT2D eigenvalue weighted by Crippen LogP contribution is 2.33. The molecule has 0 unspecified atom stereocenters. The van der Waals surface area contributed by atoms with Crippen LogP contribution in [0.4, 0.5) is 4.79 Å². The van der Waals surface area contributed by atoms with Crippen LogP contribution in [0.1, 0.15) is 11.1 Å². The third-order valence-electron chi connectivity index (χ3n) is 4.48. The summed E-state index contributed by atoms with van der Waals surface area (Å²) in [5, 5.41) is 3.44. The number of carbonyl (C=O) groups is 1. The zero-order valence-corrected chi connectivity index (χ0v) is 16.2. The first kappa shape index (κ1) is 19.2. The normalized spacial score (nSPS) is 12.9. The Morgan fingerprint density at radius 2 is 1.81 bits per heavy atom. The smallest absolute Gasteiger partial charge is 0.317 e. The Morgan fingerprint density at radius 1 is 1.11 bits per heavy atom. The molecule has 7 heteroatoms. The summed E-state index contributed by atoms with van der Waals surface area (Å²) in [4.78, 5) is 14.2. The van der Waals surface area contributed by atoms with E-state index >= 15 is 0 Å². The van der Waals surface area contributed by atoms with E-state index < -0.39 is 0 Å². The van der Waals surface area contributed by atoms with Crippen LogP contribution in [0.5, 0.6) is 17.2 Å². The van der Waals surface area contributed by atoms with Crippen molar-refractivity contribution in [3.05, 3.63) is 52.5 Å². The van der Waals surface area contributed by atoms with E-state index in [4.69, 9.17) is 25.8 Å². The average molecular weight is 391 g/mol. The topological polar surface area (TPSA) is 60.0 Å². The monoisotopic (exact) mass is 390 g/mol. The number of para-hydroxylation sites is 1. The van der Waals surface area contributed by atoms with Gasteiger partial charge in [-0.2, -0.15) is 0 Å². The second kappa shape index (κ2) is 8.86. The highest BCUT2D eigenvalue weighted by molar-refractivity contribution is 6.32. The molecule has 0 spiro atoms. The number of benzene rings is 2. The van der Waals surface area contributed by atoms with Crippen molar-refractivity contribution in [3.8, 4) is 17.2 Å². The number of fused-ring (bicyclic) bond motifs is 1. The van der Waals surface area contributed by atoms with Crippen molar-refractivity contribution in [3.63, 3.8) is 0 Å². The fourth-order valence-corrected chi connectivity index (χ4v) is 3.24. The third-order valence-corrected chi connectivity index (χ3v) is 4.79. The Hall–Kier alpha value is -2.60. The van der Waals surface area contributed by atoms with Crippen molar-refractivity contribution in [2.24, 2.45) is 0 Å². The van der Waals surface area contributed by atoms with Gasteiger partial charge in [-0.25, -0.2) is 4.79 Å². The number of rotatable bonds is 6. The van der Waals surface area contributed by atoms with Crippen LogP contribution < -0.4 is 19.5 Å². The van der Waals surface area contributed by atoms with E-state index in [0.717, 1.165) is 12.0 Å². The summed E-state index contributed by atoms with van der Waals surface area (Å²) in [7, 11) is 3.23. The fraction of sp³-hybridized carbons (Fsp3) is 0.350. The highest BCUT2D eigenvalue weighted by atomic mass is 35.5. The molecule has 27 heavy (non-hydrogen) atoms. The lowest BCUT2D eigenvalue weighted by Crippen LogP contribution is -2.43. The van der Waals surface area contributed by atoms with Crippen molar-refractivity contribution in [1.29, 1.82) is 0 Å². The molecule has 0 bridgehead atoms. The molecule has 0 radical (unpaired) electrons. The molecule has 1 aliphatic heterocycles. The summed E-state index contributed by atoms with van der Waals surface area (Å²) >= 11 is 6.04. The maximum Gasteiger partial charge on any atom is 0.317 e. The summed E-state index contributed by atoms with van der Waals surface area (Å²) in [6, 6.07) is 11.1. The second-order valence-electron chi connectivity index (χ2n) is 6.16. The van der Waals surface area contributed by atoms with Gasteiger partial charge in [0.2, 0.25) is 0 Å². The minimum atomic E-state index is -0.113. The van der Waals surface area contributed by atoms with Crippen LogP contribution in [-0.4, -0.2) is 44.8 Å². The van der Waals surface area contributed by atoms with Gasteiger partial charge in [-0.3, -0.25) is 0 Å². The largest absolute Gasteiger partial charge is 0.493 e. The van der Waals surface area contributed by atoms with Crippen LogP contribution in [0.25, 0.3) is 0 Å². The number of ether oxygens (including phenoxy) is 3. The number of nitrogens with zero attached hydrogens (tertiary/aromatic N) is 1. The second-order valence-corrected chi connectivity index (χ2v) is 6.57. The Kier molecular flexibility index (Phi) is 6.29. The van der Waals surface area contributed by atoms with Gasteiger partial charge < -0.3 is 24.4 Å². The zero-order valence-electron chi connectivity index (χ0n) is 15.5. The lowest BCUT2D eigenvalue weighted by atomic mass is 9.99. The van der Waals surface area contributed by atoms with E-state index in [2.05, 4.69) is 5.32 Å². The summed E-state index contributed by atoms with van der Waals surface area (Å²) < 4.78 is 16.3. The molecule has 2 aromatic rings. The molecule has 2 amide bonds. The molecular weight excluding hydrogens is 368 g/mol. The molecule has 3 rings (SSSR count). The lowest BCUT2D eigenvalue weighted by Gasteiger charge is -2.29. The SMILES string of the molecule is COc1cc2c(cc1OC)CN(C(=O)NCCOc1ccccc1Cl)CC2. The van der Waals surface area contributed by atoms with Crippen LogP contribution >= 0.6 is 11.6 Å². The number of hydrogen-bond donors (Lipinski definition) is 1. The third kappa shape index (κ3) is 4.57. The van der Waals surface area contributed by atoms with Crippen LogP contribution in [0.15, 0.2) is 36.4 Å². The molecule has 1 aliphatic rings. The van der Waals surface area contributed by atoms with Crippen molar-refractivity contribution in [1.82, 2.24) is 10.2 Å². The van der Waals surface area contributed by atoms with Gasteiger partial charge in [-0.15, -0.1) is 0 Å². The molecule has 144 valence electrons. The molecule has 0 fully saturated rings. The summed E-state index contributed by atoms with van der Waals surface area (Å²) in [5.74, 6) is 2.00. The van der Waals surface area contributed by atoms with Gasteiger partial charge in [-0.1, -0.05) is 23.7 Å². The van der Waals surface area contributed by atoms with Crippen molar-refractivity contribution in [2.75, 3.05) is 33.9 Å². The van der Waals surface area contributed by atoms with Gasteiger partial charge in [-0.05, 0) is 41.8 Å². The van der Waals surface area contributed by atoms with Gasteiger partial charge in [0, 0.05) is 13.1 Å². The Bertz CT molecular complexity index is 813. The number of carbonyl (C=O) groups excluding carboxylic acids is 1. The molecule has 0 saturated heterocycles. The van der Waals surface area contributed by atoms with Crippen molar-refractivity contribution in [2.45, 2.75) is 13.0 Å². The number of methoxy groups -OCH3 is 2. The number of hydrogen-bond acceptors (Lipinski definition) is 4. The molecule has 0 saturated carbocycles. The van der Waals surface area contributed by atoms with Gasteiger partial charge in [0.25, 0.3) is 0 Å². The molecule has 0 atom stereocenters. The van der Waals surface area contributed by atoms with E-state index in [0.29, 0.717) is 48.5 Å².